The Balaban J connectivity index is 0.000000184. The van der Waals surface area contributed by atoms with Crippen molar-refractivity contribution in [3.05, 3.63) is 11.6 Å². The van der Waals surface area contributed by atoms with E-state index in [1.54, 1.807) is 0 Å². The van der Waals surface area contributed by atoms with Crippen LogP contribution in [0.4, 0.5) is 0 Å². The molecule has 0 aromatic heterocycles. The third-order valence-corrected chi connectivity index (χ3v) is 18.8. The van der Waals surface area contributed by atoms with Crippen LogP contribution in [-0.4, -0.2) is 102 Å². The van der Waals surface area contributed by atoms with Crippen LogP contribution >= 0.6 is 31.9 Å². The van der Waals surface area contributed by atoms with Crippen molar-refractivity contribution in [1.82, 2.24) is 0 Å². The van der Waals surface area contributed by atoms with Crippen molar-refractivity contribution >= 4 is 43.8 Å². The van der Waals surface area contributed by atoms with Crippen LogP contribution in [0.1, 0.15) is 119 Å². The summed E-state index contributed by atoms with van der Waals surface area (Å²) in [7, 11) is 0. The molecule has 0 aromatic rings. The van der Waals surface area contributed by atoms with E-state index in [4.69, 9.17) is 9.47 Å². The molecule has 7 fully saturated rings. The zero-order valence-corrected chi connectivity index (χ0v) is 35.6. The first-order valence-corrected chi connectivity index (χ1v) is 22.6. The molecule has 0 saturated heterocycles. The monoisotopic (exact) mass is 902 g/mol. The highest BCUT2D eigenvalue weighted by molar-refractivity contribution is 9.09. The normalized spacial score (nSPS) is 52.1. The number of aliphatic hydroxyl groups excluding tert-OH is 6. The number of esters is 2. The quantitative estimate of drug-likeness (QED) is 0.115. The number of carbonyl (C=O) groups excluding carboxylic acids is 2. The Kier molecular flexibility index (Phi) is 12.9. The molecule has 6 N–H and O–H groups in total. The second-order valence-electron chi connectivity index (χ2n) is 19.4. The topological polar surface area (TPSA) is 174 Å². The standard InChI is InChI=1S/C21H33BrO5.C21H31BrO5.CH4/c2*1-11(24)27-19-16(22)9-15-18-14(4-5-20(15,19)2)21(10-23)6-3-13(25)7-12(21)8-17(18)26;/h12-19,23,25-26H,3-10H2,1-2H3;8,13-19,23,25-26H,3-7,9-10H2,1-2H3;1H4/t12?,13-,14?,15?,16+,17-,18?,19-,20-,21+;13-,14?,15?,16+,17-,18?,19-,20-,21+;/m00./s1. The van der Waals surface area contributed by atoms with E-state index in [1.807, 2.05) is 6.08 Å². The van der Waals surface area contributed by atoms with Gasteiger partial charge in [0.1, 0.15) is 12.2 Å². The molecule has 8 rings (SSSR count). The molecule has 10 nitrogen and oxygen atoms in total. The van der Waals surface area contributed by atoms with Crippen LogP contribution < -0.4 is 0 Å². The minimum Gasteiger partial charge on any atom is -0.461 e. The molecule has 55 heavy (non-hydrogen) atoms. The van der Waals surface area contributed by atoms with Crippen molar-refractivity contribution in [1.29, 1.82) is 0 Å². The maximum atomic E-state index is 11.7. The fourth-order valence-electron chi connectivity index (χ4n) is 14.7. The number of carbonyl (C=O) groups is 2. The fourth-order valence-corrected chi connectivity index (χ4v) is 16.9. The molecule has 7 saturated carbocycles. The number of aliphatic hydroxyl groups is 6. The van der Waals surface area contributed by atoms with E-state index in [0.717, 1.165) is 63.4 Å². The van der Waals surface area contributed by atoms with Gasteiger partial charge in [0.2, 0.25) is 0 Å². The maximum Gasteiger partial charge on any atom is 0.302 e. The summed E-state index contributed by atoms with van der Waals surface area (Å²) in [6.45, 7) is 7.57. The highest BCUT2D eigenvalue weighted by Gasteiger charge is 2.67. The minimum atomic E-state index is -0.574. The number of hydrogen-bond donors (Lipinski definition) is 6. The van der Waals surface area contributed by atoms with Gasteiger partial charge >= 0.3 is 11.9 Å². The van der Waals surface area contributed by atoms with E-state index in [2.05, 4.69) is 45.7 Å². The van der Waals surface area contributed by atoms with Crippen molar-refractivity contribution in [3.8, 4) is 0 Å². The Hall–Kier alpha value is -0.600. The van der Waals surface area contributed by atoms with Gasteiger partial charge in [0, 0.05) is 36.7 Å². The Morgan fingerprint density at radius 2 is 1.25 bits per heavy atom. The molecule has 7 unspecified atom stereocenters. The lowest BCUT2D eigenvalue weighted by Gasteiger charge is -2.62. The average molecular weight is 905 g/mol. The van der Waals surface area contributed by atoms with Crippen molar-refractivity contribution in [3.63, 3.8) is 0 Å². The molecule has 314 valence electrons. The summed E-state index contributed by atoms with van der Waals surface area (Å²) in [6.07, 6.45) is 10.4. The third kappa shape index (κ3) is 7.06. The van der Waals surface area contributed by atoms with Crippen molar-refractivity contribution in [2.45, 2.75) is 165 Å². The van der Waals surface area contributed by atoms with Crippen molar-refractivity contribution in [2.75, 3.05) is 13.2 Å². The van der Waals surface area contributed by atoms with E-state index < -0.39 is 12.2 Å². The lowest BCUT2D eigenvalue weighted by Crippen LogP contribution is -2.61. The smallest absolute Gasteiger partial charge is 0.302 e. The fraction of sp³-hybridized carbons (Fsp3) is 0.907. The summed E-state index contributed by atoms with van der Waals surface area (Å²) < 4.78 is 11.5. The van der Waals surface area contributed by atoms with Crippen LogP contribution in [0.3, 0.4) is 0 Å². The maximum absolute atomic E-state index is 11.7. The highest BCUT2D eigenvalue weighted by Crippen LogP contribution is 2.68. The van der Waals surface area contributed by atoms with E-state index in [9.17, 15) is 40.2 Å². The first-order chi connectivity index (χ1) is 25.5. The van der Waals surface area contributed by atoms with E-state index >= 15 is 0 Å². The van der Waals surface area contributed by atoms with Crippen LogP contribution in [0.5, 0.6) is 0 Å². The van der Waals surface area contributed by atoms with Crippen LogP contribution in [0, 0.1) is 63.1 Å². The number of rotatable bonds is 4. The zero-order chi connectivity index (χ0) is 39.1. The average Bonchev–Trinajstić information content (AvgIpc) is 3.51. The SMILES string of the molecule is C.CC(=O)O[C@H]1[C@H](Br)CC2C3C(CC[C@@]21C)[C@@]1(CO)CC[C@H](O)CC1=C[C@@H]3O.CC(=O)O[C@H]1[C@H](Br)CC2C3C(CC[C@@]21C)[C@@]1(CO)CC[C@H](O)CC1C[C@@H]3O. The van der Waals surface area contributed by atoms with Gasteiger partial charge in [-0.05, 0) is 130 Å². The largest absolute Gasteiger partial charge is 0.461 e. The lowest BCUT2D eigenvalue weighted by molar-refractivity contribution is -0.198. The second kappa shape index (κ2) is 16.1. The van der Waals surface area contributed by atoms with Gasteiger partial charge in [-0.3, -0.25) is 9.59 Å². The van der Waals surface area contributed by atoms with E-state index in [0.29, 0.717) is 25.7 Å². The molecule has 0 aromatic carbocycles. The molecule has 8 aliphatic rings. The lowest BCUT2D eigenvalue weighted by atomic mass is 9.44. The Bertz CT molecular complexity index is 1460. The molecule has 19 atom stereocenters. The molecule has 0 spiro atoms. The van der Waals surface area contributed by atoms with Crippen molar-refractivity contribution in [2.24, 2.45) is 63.1 Å². The summed E-state index contributed by atoms with van der Waals surface area (Å²) in [5, 5.41) is 63.5. The van der Waals surface area contributed by atoms with Gasteiger partial charge in [-0.2, -0.15) is 0 Å². The minimum absolute atomic E-state index is 0. The summed E-state index contributed by atoms with van der Waals surface area (Å²) in [6, 6.07) is 0. The number of fused-ring (bicyclic) bond motifs is 10. The van der Waals surface area contributed by atoms with Gasteiger partial charge in [-0.1, -0.05) is 64.8 Å². The van der Waals surface area contributed by atoms with Gasteiger partial charge in [-0.25, -0.2) is 0 Å². The molecule has 0 aliphatic heterocycles. The van der Waals surface area contributed by atoms with Crippen LogP contribution in [-0.2, 0) is 19.1 Å². The van der Waals surface area contributed by atoms with Crippen LogP contribution in [0.2, 0.25) is 0 Å². The predicted molar refractivity (Wildman–Crippen MR) is 215 cm³/mol. The number of ether oxygens (including phenoxy) is 2. The molecular weight excluding hydrogens is 836 g/mol. The summed E-state index contributed by atoms with van der Waals surface area (Å²) >= 11 is 7.51. The van der Waals surface area contributed by atoms with Gasteiger partial charge in [0.15, 0.2) is 0 Å². The molecule has 12 heteroatoms. The highest BCUT2D eigenvalue weighted by atomic mass is 79.9. The van der Waals surface area contributed by atoms with Crippen LogP contribution in [0.25, 0.3) is 0 Å². The molecular formula is C43H68Br2O10. The molecule has 0 amide bonds. The molecule has 0 heterocycles. The summed E-state index contributed by atoms with van der Waals surface area (Å²) in [5.74, 6) is 0.857. The number of hydrogen-bond acceptors (Lipinski definition) is 10. The van der Waals surface area contributed by atoms with Crippen molar-refractivity contribution < 1.29 is 49.7 Å². The Morgan fingerprint density at radius 3 is 1.80 bits per heavy atom. The summed E-state index contributed by atoms with van der Waals surface area (Å²) in [4.78, 5) is 23.5. The van der Waals surface area contributed by atoms with Gasteiger partial charge in [0.05, 0.1) is 40.7 Å². The number of halogens is 2. The van der Waals surface area contributed by atoms with Gasteiger partial charge < -0.3 is 40.1 Å². The third-order valence-electron chi connectivity index (χ3n) is 17.1. The Morgan fingerprint density at radius 1 is 0.709 bits per heavy atom. The molecule has 8 aliphatic carbocycles. The Labute approximate surface area is 344 Å². The first-order valence-electron chi connectivity index (χ1n) is 20.7. The van der Waals surface area contributed by atoms with E-state index in [-0.39, 0.29) is 130 Å². The van der Waals surface area contributed by atoms with E-state index in [1.165, 1.54) is 13.8 Å². The predicted octanol–water partition coefficient (Wildman–Crippen LogP) is 5.83. The molecule has 0 bridgehead atoms. The zero-order valence-electron chi connectivity index (χ0n) is 32.4. The van der Waals surface area contributed by atoms with Gasteiger partial charge in [0.25, 0.3) is 0 Å². The molecule has 0 radical (unpaired) electrons. The summed E-state index contributed by atoms with van der Waals surface area (Å²) in [5.41, 5.74) is 0.251. The van der Waals surface area contributed by atoms with Gasteiger partial charge in [-0.15, -0.1) is 0 Å². The number of alkyl halides is 2. The first kappa shape index (κ1) is 44.0. The second-order valence-corrected chi connectivity index (χ2v) is 21.8. The van der Waals surface area contributed by atoms with Crippen LogP contribution in [0.15, 0.2) is 11.6 Å².